The summed E-state index contributed by atoms with van der Waals surface area (Å²) in [5, 5.41) is 4.00. The maximum absolute atomic E-state index is 12.8. The Bertz CT molecular complexity index is 1020. The van der Waals surface area contributed by atoms with Gasteiger partial charge in [-0.25, -0.2) is 0 Å². The van der Waals surface area contributed by atoms with E-state index >= 15 is 0 Å². The number of rotatable bonds is 8. The number of likely N-dealkylation sites (N-methyl/N-ethyl adjacent to an activating group) is 1. The zero-order valence-electron chi connectivity index (χ0n) is 18.3. The molecule has 1 aromatic heterocycles. The highest BCUT2D eigenvalue weighted by atomic mass is 16.5. The molecule has 4 rings (SSSR count). The molecule has 1 amide bonds. The van der Waals surface area contributed by atoms with Crippen molar-refractivity contribution in [2.75, 3.05) is 33.4 Å². The molecule has 1 aliphatic heterocycles. The lowest BCUT2D eigenvalue weighted by atomic mass is 10.1. The molecule has 0 atom stereocenters. The number of nitrogens with zero attached hydrogens (tertiary/aromatic N) is 2. The van der Waals surface area contributed by atoms with Gasteiger partial charge in [-0.3, -0.25) is 9.69 Å². The second-order valence-electron chi connectivity index (χ2n) is 8.17. The number of carbonyl (C=O) groups is 1. The van der Waals surface area contributed by atoms with Crippen LogP contribution >= 0.6 is 0 Å². The average molecular weight is 422 g/mol. The Hall–Kier alpha value is -2.83. The van der Waals surface area contributed by atoms with Gasteiger partial charge in [-0.05, 0) is 55.8 Å². The third kappa shape index (κ3) is 5.27. The smallest absolute Gasteiger partial charge is 0.252 e. The Morgan fingerprint density at radius 2 is 2.00 bits per heavy atom. The third-order valence-electron chi connectivity index (χ3n) is 6.05. The Morgan fingerprint density at radius 1 is 1.19 bits per heavy atom. The van der Waals surface area contributed by atoms with Crippen LogP contribution in [0.1, 0.15) is 28.8 Å². The maximum atomic E-state index is 12.8. The summed E-state index contributed by atoms with van der Waals surface area (Å²) in [6.45, 7) is 3.68. The first kappa shape index (κ1) is 21.4. The van der Waals surface area contributed by atoms with Crippen LogP contribution < -0.4 is 10.1 Å². The number of ether oxygens (including phenoxy) is 2. The van der Waals surface area contributed by atoms with Gasteiger partial charge in [-0.1, -0.05) is 18.2 Å². The molecule has 0 spiro atoms. The van der Waals surface area contributed by atoms with Crippen LogP contribution in [-0.2, 0) is 18.3 Å². The molecule has 6 heteroatoms. The number of hydrogen-bond donors (Lipinski definition) is 1. The summed E-state index contributed by atoms with van der Waals surface area (Å²) in [6.07, 6.45) is 4.15. The van der Waals surface area contributed by atoms with Gasteiger partial charge in [0.15, 0.2) is 0 Å². The van der Waals surface area contributed by atoms with Crippen molar-refractivity contribution in [3.8, 4) is 5.75 Å². The van der Waals surface area contributed by atoms with Gasteiger partial charge < -0.3 is 19.4 Å². The SMILES string of the molecule is CN(CCOc1cccc(CNC(=O)c2cccc3c2ccn3C)c1)C1CCOCC1. The highest BCUT2D eigenvalue weighted by Crippen LogP contribution is 2.20. The van der Waals surface area contributed by atoms with Gasteiger partial charge in [-0.15, -0.1) is 0 Å². The Kier molecular flexibility index (Phi) is 6.89. The van der Waals surface area contributed by atoms with Crippen LogP contribution in [0.15, 0.2) is 54.7 Å². The normalized spacial score (nSPS) is 14.8. The van der Waals surface area contributed by atoms with E-state index in [1.165, 1.54) is 0 Å². The quantitative estimate of drug-likeness (QED) is 0.604. The van der Waals surface area contributed by atoms with Crippen LogP contribution in [0.4, 0.5) is 0 Å². The van der Waals surface area contributed by atoms with Gasteiger partial charge in [0, 0.05) is 62.1 Å². The molecule has 0 saturated carbocycles. The molecule has 2 heterocycles. The van der Waals surface area contributed by atoms with Crippen LogP contribution in [0.25, 0.3) is 10.9 Å². The van der Waals surface area contributed by atoms with Crippen molar-refractivity contribution in [2.45, 2.75) is 25.4 Å². The molecule has 0 bridgehead atoms. The highest BCUT2D eigenvalue weighted by Gasteiger charge is 2.18. The summed E-state index contributed by atoms with van der Waals surface area (Å²) in [4.78, 5) is 15.1. The number of carbonyl (C=O) groups excluding carboxylic acids is 1. The molecule has 6 nitrogen and oxygen atoms in total. The number of benzene rings is 2. The molecule has 2 aromatic carbocycles. The molecule has 1 fully saturated rings. The van der Waals surface area contributed by atoms with Crippen molar-refractivity contribution in [3.63, 3.8) is 0 Å². The van der Waals surface area contributed by atoms with Crippen LogP contribution in [0.3, 0.4) is 0 Å². The van der Waals surface area contributed by atoms with Gasteiger partial charge >= 0.3 is 0 Å². The van der Waals surface area contributed by atoms with Gasteiger partial charge in [0.25, 0.3) is 5.91 Å². The van der Waals surface area contributed by atoms with E-state index in [2.05, 4.69) is 17.3 Å². The van der Waals surface area contributed by atoms with E-state index < -0.39 is 0 Å². The van der Waals surface area contributed by atoms with Crippen molar-refractivity contribution >= 4 is 16.8 Å². The van der Waals surface area contributed by atoms with Crippen LogP contribution in [0.2, 0.25) is 0 Å². The fourth-order valence-corrected chi connectivity index (χ4v) is 4.14. The topological polar surface area (TPSA) is 55.7 Å². The minimum absolute atomic E-state index is 0.0683. The Morgan fingerprint density at radius 3 is 2.84 bits per heavy atom. The largest absolute Gasteiger partial charge is 0.492 e. The first-order chi connectivity index (χ1) is 15.1. The van der Waals surface area contributed by atoms with E-state index in [0.29, 0.717) is 24.8 Å². The predicted octanol–water partition coefficient (Wildman–Crippen LogP) is 3.60. The summed E-state index contributed by atoms with van der Waals surface area (Å²) in [7, 11) is 4.13. The zero-order valence-corrected chi connectivity index (χ0v) is 18.3. The van der Waals surface area contributed by atoms with E-state index in [0.717, 1.165) is 54.8 Å². The summed E-state index contributed by atoms with van der Waals surface area (Å²) in [5.74, 6) is 0.762. The lowest BCUT2D eigenvalue weighted by molar-refractivity contribution is 0.0392. The van der Waals surface area contributed by atoms with Gasteiger partial charge in [0.2, 0.25) is 0 Å². The van der Waals surface area contributed by atoms with Gasteiger partial charge in [0.1, 0.15) is 12.4 Å². The number of aryl methyl sites for hydroxylation is 1. The summed E-state index contributed by atoms with van der Waals surface area (Å²) >= 11 is 0. The number of fused-ring (bicyclic) bond motifs is 1. The van der Waals surface area contributed by atoms with E-state index in [1.54, 1.807) is 0 Å². The maximum Gasteiger partial charge on any atom is 0.252 e. The molecule has 31 heavy (non-hydrogen) atoms. The summed E-state index contributed by atoms with van der Waals surface area (Å²) < 4.78 is 13.4. The zero-order chi connectivity index (χ0) is 21.6. The third-order valence-corrected chi connectivity index (χ3v) is 6.05. The first-order valence-electron chi connectivity index (χ1n) is 10.9. The second kappa shape index (κ2) is 9.98. The standard InChI is InChI=1S/C25H31N3O3/c1-27(20-10-14-30-15-11-20)13-16-31-21-6-3-5-19(17-21)18-26-25(29)23-7-4-8-24-22(23)9-12-28(24)2/h3-9,12,17,20H,10-11,13-16,18H2,1-2H3,(H,26,29). The van der Waals surface area contributed by atoms with Crippen molar-refractivity contribution in [1.82, 2.24) is 14.8 Å². The minimum atomic E-state index is -0.0683. The summed E-state index contributed by atoms with van der Waals surface area (Å²) in [5.41, 5.74) is 2.76. The Balaban J connectivity index is 1.29. The minimum Gasteiger partial charge on any atom is -0.492 e. The van der Waals surface area contributed by atoms with Crippen LogP contribution in [-0.4, -0.2) is 54.8 Å². The van der Waals surface area contributed by atoms with Crippen molar-refractivity contribution in [3.05, 3.63) is 65.9 Å². The molecule has 1 N–H and O–H groups in total. The molecular formula is C25H31N3O3. The fourth-order valence-electron chi connectivity index (χ4n) is 4.14. The van der Waals surface area contributed by atoms with Gasteiger partial charge in [0.05, 0.1) is 0 Å². The van der Waals surface area contributed by atoms with E-state index in [4.69, 9.17) is 9.47 Å². The number of hydrogen-bond acceptors (Lipinski definition) is 4. The second-order valence-corrected chi connectivity index (χ2v) is 8.17. The monoisotopic (exact) mass is 421 g/mol. The lowest BCUT2D eigenvalue weighted by Crippen LogP contribution is -2.38. The van der Waals surface area contributed by atoms with Crippen molar-refractivity contribution in [1.29, 1.82) is 0 Å². The molecule has 1 aliphatic rings. The van der Waals surface area contributed by atoms with Crippen LogP contribution in [0, 0.1) is 0 Å². The lowest BCUT2D eigenvalue weighted by Gasteiger charge is -2.31. The molecule has 164 valence electrons. The van der Waals surface area contributed by atoms with E-state index in [-0.39, 0.29) is 5.91 Å². The Labute approximate surface area is 183 Å². The molecule has 1 saturated heterocycles. The van der Waals surface area contributed by atoms with Crippen LogP contribution in [0.5, 0.6) is 5.75 Å². The first-order valence-corrected chi connectivity index (χ1v) is 10.9. The predicted molar refractivity (Wildman–Crippen MR) is 122 cm³/mol. The molecule has 0 unspecified atom stereocenters. The number of amides is 1. The van der Waals surface area contributed by atoms with E-state index in [9.17, 15) is 4.79 Å². The molecule has 3 aromatic rings. The number of nitrogens with one attached hydrogen (secondary N) is 1. The van der Waals surface area contributed by atoms with Gasteiger partial charge in [-0.2, -0.15) is 0 Å². The van der Waals surface area contributed by atoms with Crippen molar-refractivity contribution in [2.24, 2.45) is 7.05 Å². The average Bonchev–Trinajstić information content (AvgIpc) is 3.19. The van der Waals surface area contributed by atoms with Crippen molar-refractivity contribution < 1.29 is 14.3 Å². The fraction of sp³-hybridized carbons (Fsp3) is 0.400. The summed E-state index contributed by atoms with van der Waals surface area (Å²) in [6, 6.07) is 16.3. The number of aromatic nitrogens is 1. The molecule has 0 radical (unpaired) electrons. The van der Waals surface area contributed by atoms with E-state index in [1.807, 2.05) is 66.3 Å². The molecule has 0 aliphatic carbocycles. The highest BCUT2D eigenvalue weighted by molar-refractivity contribution is 6.06. The molecular weight excluding hydrogens is 390 g/mol.